The number of halogens is 2. The molecule has 1 rings (SSSR count). The maximum atomic E-state index is 13.4. The first kappa shape index (κ1) is 16.9. The fourth-order valence-corrected chi connectivity index (χ4v) is 2.53. The third-order valence-corrected chi connectivity index (χ3v) is 3.75. The van der Waals surface area contributed by atoms with Gasteiger partial charge in [0, 0.05) is 23.4 Å². The van der Waals surface area contributed by atoms with Gasteiger partial charge in [-0.1, -0.05) is 0 Å². The quantitative estimate of drug-likeness (QED) is 0.840. The van der Waals surface area contributed by atoms with Crippen molar-refractivity contribution >= 4 is 25.6 Å². The molecule has 0 fully saturated rings. The standard InChI is InChI=1S/C12H15ClFNO4S/c1-12(2,7-19-3)15-11(16)8-4-5-9(14)10(6-8)20(13,17)18/h4-6H,7H2,1-3H3,(H,15,16). The molecule has 112 valence electrons. The SMILES string of the molecule is COCC(C)(C)NC(=O)c1ccc(F)c(S(=O)(=O)Cl)c1. The fourth-order valence-electron chi connectivity index (χ4n) is 1.61. The monoisotopic (exact) mass is 323 g/mol. The Balaban J connectivity index is 3.07. The van der Waals surface area contributed by atoms with Crippen molar-refractivity contribution in [3.8, 4) is 0 Å². The molecule has 0 aliphatic heterocycles. The maximum absolute atomic E-state index is 13.4. The second kappa shape index (κ2) is 6.07. The minimum atomic E-state index is -4.25. The summed E-state index contributed by atoms with van der Waals surface area (Å²) in [6.07, 6.45) is 0. The molecule has 0 saturated carbocycles. The van der Waals surface area contributed by atoms with E-state index in [4.69, 9.17) is 15.4 Å². The molecule has 0 saturated heterocycles. The summed E-state index contributed by atoms with van der Waals surface area (Å²) in [7, 11) is 2.34. The van der Waals surface area contributed by atoms with E-state index in [0.717, 1.165) is 12.1 Å². The number of ether oxygens (including phenoxy) is 1. The van der Waals surface area contributed by atoms with Crippen LogP contribution in [0.15, 0.2) is 23.1 Å². The van der Waals surface area contributed by atoms with Crippen molar-refractivity contribution in [1.82, 2.24) is 5.32 Å². The van der Waals surface area contributed by atoms with Crippen LogP contribution in [0, 0.1) is 5.82 Å². The number of hydrogen-bond acceptors (Lipinski definition) is 4. The van der Waals surface area contributed by atoms with Crippen LogP contribution in [-0.4, -0.2) is 33.6 Å². The zero-order valence-electron chi connectivity index (χ0n) is 11.2. The Labute approximate surface area is 121 Å². The first-order chi connectivity index (χ1) is 9.07. The summed E-state index contributed by atoms with van der Waals surface area (Å²) < 4.78 is 40.7. The van der Waals surface area contributed by atoms with Gasteiger partial charge in [-0.2, -0.15) is 0 Å². The smallest absolute Gasteiger partial charge is 0.264 e. The summed E-state index contributed by atoms with van der Waals surface area (Å²) >= 11 is 0. The Hall–Kier alpha value is -1.18. The molecule has 0 bridgehead atoms. The Morgan fingerprint density at radius 2 is 2.05 bits per heavy atom. The van der Waals surface area contributed by atoms with Crippen molar-refractivity contribution in [1.29, 1.82) is 0 Å². The third kappa shape index (κ3) is 4.43. The van der Waals surface area contributed by atoms with Crippen LogP contribution in [0.4, 0.5) is 4.39 Å². The Morgan fingerprint density at radius 1 is 1.45 bits per heavy atom. The third-order valence-electron chi connectivity index (χ3n) is 2.41. The number of nitrogens with one attached hydrogen (secondary N) is 1. The van der Waals surface area contributed by atoms with Crippen LogP contribution in [0.1, 0.15) is 24.2 Å². The van der Waals surface area contributed by atoms with E-state index in [1.165, 1.54) is 13.2 Å². The molecule has 1 aromatic carbocycles. The van der Waals surface area contributed by atoms with E-state index in [1.54, 1.807) is 13.8 Å². The molecule has 0 spiro atoms. The van der Waals surface area contributed by atoms with Gasteiger partial charge in [-0.05, 0) is 32.0 Å². The van der Waals surface area contributed by atoms with Crippen molar-refractivity contribution in [3.05, 3.63) is 29.6 Å². The number of benzene rings is 1. The van der Waals surface area contributed by atoms with Crippen molar-refractivity contribution in [2.24, 2.45) is 0 Å². The van der Waals surface area contributed by atoms with Crippen LogP contribution in [0.3, 0.4) is 0 Å². The first-order valence-electron chi connectivity index (χ1n) is 5.62. The zero-order chi connectivity index (χ0) is 15.6. The molecule has 5 nitrogen and oxygen atoms in total. The summed E-state index contributed by atoms with van der Waals surface area (Å²) in [4.78, 5) is 11.3. The molecule has 0 radical (unpaired) electrons. The molecule has 0 atom stereocenters. The molecule has 0 unspecified atom stereocenters. The average Bonchev–Trinajstić information content (AvgIpc) is 2.26. The highest BCUT2D eigenvalue weighted by Crippen LogP contribution is 2.20. The van der Waals surface area contributed by atoms with Gasteiger partial charge >= 0.3 is 0 Å². The lowest BCUT2D eigenvalue weighted by Crippen LogP contribution is -2.46. The topological polar surface area (TPSA) is 72.5 Å². The van der Waals surface area contributed by atoms with Gasteiger partial charge in [-0.25, -0.2) is 12.8 Å². The zero-order valence-corrected chi connectivity index (χ0v) is 12.8. The van der Waals surface area contributed by atoms with Gasteiger partial charge in [0.2, 0.25) is 0 Å². The highest BCUT2D eigenvalue weighted by molar-refractivity contribution is 8.13. The van der Waals surface area contributed by atoms with Crippen molar-refractivity contribution < 1.29 is 22.3 Å². The number of carbonyl (C=O) groups excluding carboxylic acids is 1. The summed E-state index contributed by atoms with van der Waals surface area (Å²) in [6.45, 7) is 3.73. The molecule has 1 N–H and O–H groups in total. The summed E-state index contributed by atoms with van der Waals surface area (Å²) in [5, 5.41) is 2.65. The molecule has 20 heavy (non-hydrogen) atoms. The van der Waals surface area contributed by atoms with E-state index in [9.17, 15) is 17.6 Å². The van der Waals surface area contributed by atoms with Gasteiger partial charge in [-0.15, -0.1) is 0 Å². The minimum absolute atomic E-state index is 0.00481. The number of rotatable bonds is 5. The Kier molecular flexibility index (Phi) is 5.12. The van der Waals surface area contributed by atoms with E-state index in [1.807, 2.05) is 0 Å². The predicted octanol–water partition coefficient (Wildman–Crippen LogP) is 1.91. The van der Waals surface area contributed by atoms with Crippen LogP contribution < -0.4 is 5.32 Å². The van der Waals surface area contributed by atoms with E-state index < -0.39 is 31.2 Å². The largest absolute Gasteiger partial charge is 0.382 e. The second-order valence-corrected chi connectivity index (χ2v) is 7.39. The normalized spacial score (nSPS) is 12.2. The highest BCUT2D eigenvalue weighted by Gasteiger charge is 2.23. The number of amides is 1. The summed E-state index contributed by atoms with van der Waals surface area (Å²) in [6, 6.07) is 2.96. The number of hydrogen-bond donors (Lipinski definition) is 1. The number of carbonyl (C=O) groups is 1. The predicted molar refractivity (Wildman–Crippen MR) is 72.9 cm³/mol. The van der Waals surface area contributed by atoms with Gasteiger partial charge in [-0.3, -0.25) is 4.79 Å². The second-order valence-electron chi connectivity index (χ2n) is 4.85. The summed E-state index contributed by atoms with van der Waals surface area (Å²) in [5.41, 5.74) is -0.657. The average molecular weight is 324 g/mol. The van der Waals surface area contributed by atoms with Gasteiger partial charge in [0.15, 0.2) is 0 Å². The van der Waals surface area contributed by atoms with Crippen LogP contribution in [0.5, 0.6) is 0 Å². The van der Waals surface area contributed by atoms with E-state index in [-0.39, 0.29) is 12.2 Å². The van der Waals surface area contributed by atoms with Gasteiger partial charge < -0.3 is 10.1 Å². The van der Waals surface area contributed by atoms with Crippen LogP contribution in [0.2, 0.25) is 0 Å². The van der Waals surface area contributed by atoms with Gasteiger partial charge in [0.25, 0.3) is 15.0 Å². The van der Waals surface area contributed by atoms with E-state index in [2.05, 4.69) is 5.32 Å². The molecule has 1 amide bonds. The molecule has 0 aliphatic rings. The van der Waals surface area contributed by atoms with Gasteiger partial charge in [0.05, 0.1) is 12.1 Å². The van der Waals surface area contributed by atoms with E-state index >= 15 is 0 Å². The van der Waals surface area contributed by atoms with Crippen LogP contribution in [-0.2, 0) is 13.8 Å². The van der Waals surface area contributed by atoms with Gasteiger partial charge in [0.1, 0.15) is 10.7 Å². The fraction of sp³-hybridized carbons (Fsp3) is 0.417. The lowest BCUT2D eigenvalue weighted by atomic mass is 10.1. The Bertz CT molecular complexity index is 616. The Morgan fingerprint density at radius 3 is 2.55 bits per heavy atom. The molecule has 0 aliphatic carbocycles. The molecular formula is C12H15ClFNO4S. The highest BCUT2D eigenvalue weighted by atomic mass is 35.7. The lowest BCUT2D eigenvalue weighted by Gasteiger charge is -2.25. The first-order valence-corrected chi connectivity index (χ1v) is 7.93. The van der Waals surface area contributed by atoms with E-state index in [0.29, 0.717) is 0 Å². The maximum Gasteiger partial charge on any atom is 0.264 e. The van der Waals surface area contributed by atoms with Crippen LogP contribution >= 0.6 is 10.7 Å². The number of methoxy groups -OCH3 is 1. The lowest BCUT2D eigenvalue weighted by molar-refractivity contribution is 0.0819. The van der Waals surface area contributed by atoms with Crippen molar-refractivity contribution in [2.75, 3.05) is 13.7 Å². The van der Waals surface area contributed by atoms with Crippen molar-refractivity contribution in [3.63, 3.8) is 0 Å². The molecule has 1 aromatic rings. The van der Waals surface area contributed by atoms with Crippen molar-refractivity contribution in [2.45, 2.75) is 24.3 Å². The summed E-state index contributed by atoms with van der Waals surface area (Å²) in [5.74, 6) is -1.55. The molecule has 8 heteroatoms. The molecule has 0 heterocycles. The minimum Gasteiger partial charge on any atom is -0.382 e. The van der Waals surface area contributed by atoms with Crippen LogP contribution in [0.25, 0.3) is 0 Å². The molecule has 0 aromatic heterocycles. The molecular weight excluding hydrogens is 309 g/mol.